The molecule has 1 nitrogen and oxygen atoms in total. The van der Waals surface area contributed by atoms with Gasteiger partial charge in [0.25, 0.3) is 0 Å². The Balaban J connectivity index is 1.35. The fourth-order valence-electron chi connectivity index (χ4n) is 5.00. The van der Waals surface area contributed by atoms with E-state index in [4.69, 9.17) is 0 Å². The van der Waals surface area contributed by atoms with Gasteiger partial charge in [-0.05, 0) is 83.1 Å². The molecule has 0 saturated carbocycles. The summed E-state index contributed by atoms with van der Waals surface area (Å²) in [4.78, 5) is 0. The minimum absolute atomic E-state index is 0.0187. The Hall–Kier alpha value is -4.59. The predicted molar refractivity (Wildman–Crippen MR) is 157 cm³/mol. The molecule has 0 aliphatic heterocycles. The minimum atomic E-state index is -4.54. The lowest BCUT2D eigenvalue weighted by Crippen LogP contribution is -2.25. The standard InChI is InChI=1S/C36H27F7O/c1-2-3-4-5-22-6-8-23(9-7-22)25-12-16-30(31(38)18-25)26-19-33(40)35(34(41)20-26)36(42,43)44-28-15-17-29(32(39)21-28)24-10-13-27(37)14-11-24/h6-21H,2-5H2,1H3. The second-order valence-corrected chi connectivity index (χ2v) is 10.4. The molecule has 44 heavy (non-hydrogen) atoms. The van der Waals surface area contributed by atoms with Gasteiger partial charge in [0, 0.05) is 17.2 Å². The highest BCUT2D eigenvalue weighted by molar-refractivity contribution is 5.71. The summed E-state index contributed by atoms with van der Waals surface area (Å²) >= 11 is 0. The maximum atomic E-state index is 15.1. The molecule has 0 bridgehead atoms. The van der Waals surface area contributed by atoms with E-state index >= 15 is 4.39 Å². The fourth-order valence-corrected chi connectivity index (χ4v) is 5.00. The zero-order valence-electron chi connectivity index (χ0n) is 23.6. The average Bonchev–Trinajstić information content (AvgIpc) is 2.97. The van der Waals surface area contributed by atoms with Gasteiger partial charge < -0.3 is 4.74 Å². The van der Waals surface area contributed by atoms with E-state index < -0.39 is 46.5 Å². The molecule has 8 heteroatoms. The van der Waals surface area contributed by atoms with Gasteiger partial charge in [-0.15, -0.1) is 0 Å². The summed E-state index contributed by atoms with van der Waals surface area (Å²) < 4.78 is 107. The van der Waals surface area contributed by atoms with Crippen molar-refractivity contribution < 1.29 is 35.5 Å². The van der Waals surface area contributed by atoms with Crippen LogP contribution in [-0.2, 0) is 12.5 Å². The first-order valence-electron chi connectivity index (χ1n) is 14.1. The van der Waals surface area contributed by atoms with Crippen LogP contribution in [0, 0.1) is 29.1 Å². The van der Waals surface area contributed by atoms with Crippen LogP contribution in [-0.4, -0.2) is 0 Å². The van der Waals surface area contributed by atoms with Crippen LogP contribution in [0.1, 0.15) is 37.3 Å². The SMILES string of the molecule is CCCCCc1ccc(-c2ccc(-c3cc(F)c(C(F)(F)Oc4ccc(-c5ccc(F)cc5)c(F)c4)c(F)c3)c(F)c2)cc1. The van der Waals surface area contributed by atoms with Gasteiger partial charge in [0.2, 0.25) is 0 Å². The number of unbranched alkanes of at least 4 members (excludes halogenated alkanes) is 2. The van der Waals surface area contributed by atoms with E-state index in [9.17, 15) is 26.3 Å². The molecule has 0 N–H and O–H groups in total. The van der Waals surface area contributed by atoms with Gasteiger partial charge in [-0.1, -0.05) is 68.3 Å². The minimum Gasteiger partial charge on any atom is -0.429 e. The Kier molecular flexibility index (Phi) is 9.09. The first-order valence-corrected chi connectivity index (χ1v) is 14.1. The molecule has 0 fully saturated rings. The molecule has 0 radical (unpaired) electrons. The number of hydrogen-bond acceptors (Lipinski definition) is 1. The summed E-state index contributed by atoms with van der Waals surface area (Å²) in [5, 5.41) is 0. The summed E-state index contributed by atoms with van der Waals surface area (Å²) in [5.41, 5.74) is 0.545. The van der Waals surface area contributed by atoms with Gasteiger partial charge in [-0.3, -0.25) is 0 Å². The Morgan fingerprint density at radius 2 is 1.09 bits per heavy atom. The monoisotopic (exact) mass is 608 g/mol. The lowest BCUT2D eigenvalue weighted by Gasteiger charge is -2.20. The zero-order chi connectivity index (χ0) is 31.4. The molecule has 0 aromatic heterocycles. The van der Waals surface area contributed by atoms with E-state index in [0.29, 0.717) is 23.8 Å². The third-order valence-corrected chi connectivity index (χ3v) is 7.31. The Morgan fingerprint density at radius 1 is 0.545 bits per heavy atom. The number of hydrogen-bond donors (Lipinski definition) is 0. The molecule has 0 atom stereocenters. The van der Waals surface area contributed by atoms with Gasteiger partial charge in [-0.2, -0.15) is 8.78 Å². The van der Waals surface area contributed by atoms with Crippen LogP contribution < -0.4 is 4.74 Å². The van der Waals surface area contributed by atoms with Gasteiger partial charge >= 0.3 is 6.11 Å². The van der Waals surface area contributed by atoms with Gasteiger partial charge in [0.1, 0.15) is 40.4 Å². The van der Waals surface area contributed by atoms with Crippen LogP contribution in [0.4, 0.5) is 30.7 Å². The molecule has 5 aromatic carbocycles. The fraction of sp³-hybridized carbons (Fsp3) is 0.167. The number of alkyl halides is 2. The number of aryl methyl sites for hydroxylation is 1. The Morgan fingerprint density at radius 3 is 1.70 bits per heavy atom. The highest BCUT2D eigenvalue weighted by Crippen LogP contribution is 2.39. The van der Waals surface area contributed by atoms with Crippen LogP contribution >= 0.6 is 0 Å². The first-order chi connectivity index (χ1) is 21.1. The van der Waals surface area contributed by atoms with E-state index in [1.807, 2.05) is 24.3 Å². The van der Waals surface area contributed by atoms with Crippen molar-refractivity contribution in [2.45, 2.75) is 38.7 Å². The van der Waals surface area contributed by atoms with Gasteiger partial charge in [0.15, 0.2) is 0 Å². The summed E-state index contributed by atoms with van der Waals surface area (Å²) in [7, 11) is 0. The van der Waals surface area contributed by atoms with E-state index in [1.165, 1.54) is 29.8 Å². The third-order valence-electron chi connectivity index (χ3n) is 7.31. The van der Waals surface area contributed by atoms with Gasteiger partial charge in [0.05, 0.1) is 0 Å². The number of halogens is 7. The van der Waals surface area contributed by atoms with Gasteiger partial charge in [-0.25, -0.2) is 22.0 Å². The molecule has 5 rings (SSSR count). The summed E-state index contributed by atoms with van der Waals surface area (Å²) in [6.07, 6.45) is -0.267. The van der Waals surface area contributed by atoms with E-state index in [0.717, 1.165) is 55.5 Å². The molecule has 0 amide bonds. The molecule has 0 heterocycles. The predicted octanol–water partition coefficient (Wildman–Crippen LogP) is 11.2. The second-order valence-electron chi connectivity index (χ2n) is 10.4. The maximum absolute atomic E-state index is 15.1. The summed E-state index contributed by atoms with van der Waals surface area (Å²) in [5.74, 6) is -6.34. The summed E-state index contributed by atoms with van der Waals surface area (Å²) in [6, 6.07) is 20.6. The van der Waals surface area contributed by atoms with Crippen molar-refractivity contribution in [3.05, 3.63) is 137 Å². The topological polar surface area (TPSA) is 9.23 Å². The Bertz CT molecular complexity index is 1740. The van der Waals surface area contributed by atoms with Crippen LogP contribution in [0.5, 0.6) is 5.75 Å². The van der Waals surface area contributed by atoms with E-state index in [2.05, 4.69) is 11.7 Å². The molecular weight excluding hydrogens is 581 g/mol. The number of ether oxygens (including phenoxy) is 1. The van der Waals surface area contributed by atoms with Crippen molar-refractivity contribution in [2.24, 2.45) is 0 Å². The van der Waals surface area contributed by atoms with Crippen molar-refractivity contribution in [3.8, 4) is 39.1 Å². The van der Waals surface area contributed by atoms with Crippen molar-refractivity contribution in [3.63, 3.8) is 0 Å². The normalized spacial score (nSPS) is 11.5. The zero-order valence-corrected chi connectivity index (χ0v) is 23.6. The molecule has 226 valence electrons. The van der Waals surface area contributed by atoms with Crippen molar-refractivity contribution in [1.82, 2.24) is 0 Å². The Labute approximate surface area is 250 Å². The van der Waals surface area contributed by atoms with E-state index in [1.54, 1.807) is 6.07 Å². The molecule has 0 saturated heterocycles. The van der Waals surface area contributed by atoms with Crippen molar-refractivity contribution >= 4 is 0 Å². The molecule has 5 aromatic rings. The second kappa shape index (κ2) is 13.0. The molecular formula is C36H27F7O. The van der Waals surface area contributed by atoms with Crippen molar-refractivity contribution in [2.75, 3.05) is 0 Å². The summed E-state index contributed by atoms with van der Waals surface area (Å²) in [6.45, 7) is 2.13. The first kappa shape index (κ1) is 30.9. The molecule has 0 spiro atoms. The maximum Gasteiger partial charge on any atom is 0.432 e. The quantitative estimate of drug-likeness (QED) is 0.113. The smallest absolute Gasteiger partial charge is 0.429 e. The van der Waals surface area contributed by atoms with Crippen LogP contribution in [0.2, 0.25) is 0 Å². The lowest BCUT2D eigenvalue weighted by molar-refractivity contribution is -0.189. The highest BCUT2D eigenvalue weighted by atomic mass is 19.3. The van der Waals surface area contributed by atoms with Crippen LogP contribution in [0.15, 0.2) is 97.1 Å². The van der Waals surface area contributed by atoms with Crippen LogP contribution in [0.25, 0.3) is 33.4 Å². The largest absolute Gasteiger partial charge is 0.432 e. The molecule has 0 unspecified atom stereocenters. The molecule has 0 aliphatic rings. The highest BCUT2D eigenvalue weighted by Gasteiger charge is 2.41. The number of rotatable bonds is 10. The van der Waals surface area contributed by atoms with Crippen molar-refractivity contribution in [1.29, 1.82) is 0 Å². The van der Waals surface area contributed by atoms with E-state index in [-0.39, 0.29) is 22.3 Å². The van der Waals surface area contributed by atoms with Crippen LogP contribution in [0.3, 0.4) is 0 Å². The lowest BCUT2D eigenvalue weighted by atomic mass is 9.97. The molecule has 0 aliphatic carbocycles. The third kappa shape index (κ3) is 6.80. The number of benzene rings is 5. The average molecular weight is 609 g/mol.